The fraction of sp³-hybridized carbons (Fsp3) is 0.160. The van der Waals surface area contributed by atoms with Gasteiger partial charge in [0.1, 0.15) is 12.4 Å². The summed E-state index contributed by atoms with van der Waals surface area (Å²) in [6, 6.07) is 18.9. The van der Waals surface area contributed by atoms with E-state index < -0.39 is 23.6 Å². The normalized spacial score (nSPS) is 13.1. The smallest absolute Gasteiger partial charge is 0.417 e. The van der Waals surface area contributed by atoms with Gasteiger partial charge >= 0.3 is 12.3 Å². The quantitative estimate of drug-likeness (QED) is 0.516. The van der Waals surface area contributed by atoms with Crippen molar-refractivity contribution in [3.05, 3.63) is 95.1 Å². The summed E-state index contributed by atoms with van der Waals surface area (Å²) in [6.07, 6.45) is -2.62. The van der Waals surface area contributed by atoms with E-state index in [0.717, 1.165) is 22.3 Å². The van der Waals surface area contributed by atoms with Gasteiger partial charge in [0.15, 0.2) is 0 Å². The number of fused-ring (bicyclic) bond motifs is 3. The Labute approximate surface area is 183 Å². The Kier molecular flexibility index (Phi) is 5.90. The molecule has 32 heavy (non-hydrogen) atoms. The Morgan fingerprint density at radius 1 is 1.00 bits per heavy atom. The van der Waals surface area contributed by atoms with Crippen LogP contribution in [0.15, 0.2) is 72.8 Å². The van der Waals surface area contributed by atoms with Crippen LogP contribution >= 0.6 is 0 Å². The molecule has 1 amide bonds. The molecule has 1 aliphatic rings. The number of alkyl halides is 3. The van der Waals surface area contributed by atoms with Crippen molar-refractivity contribution in [2.75, 3.05) is 13.2 Å². The number of carbonyl (C=O) groups excluding carboxylic acids is 1. The first-order valence-corrected chi connectivity index (χ1v) is 10.00. The molecule has 3 aromatic carbocycles. The van der Waals surface area contributed by atoms with Crippen LogP contribution in [0.1, 0.15) is 28.2 Å². The van der Waals surface area contributed by atoms with Gasteiger partial charge in [-0.05, 0) is 39.9 Å². The molecule has 0 saturated heterocycles. The number of hydrogen-bond acceptors (Lipinski definition) is 3. The van der Waals surface area contributed by atoms with Gasteiger partial charge in [0.05, 0.1) is 5.56 Å². The molecule has 4 rings (SSSR count). The van der Waals surface area contributed by atoms with Gasteiger partial charge in [0, 0.05) is 12.5 Å². The van der Waals surface area contributed by atoms with Crippen molar-refractivity contribution in [3.8, 4) is 16.9 Å². The molecule has 2 N–H and O–H groups in total. The molecule has 0 heterocycles. The van der Waals surface area contributed by atoms with E-state index in [0.29, 0.717) is 6.07 Å². The number of ether oxygens (including phenoxy) is 1. The first-order valence-electron chi connectivity index (χ1n) is 10.00. The Balaban J connectivity index is 1.35. The molecule has 0 fully saturated rings. The number of carbonyl (C=O) groups is 1. The predicted octanol–water partition coefficient (Wildman–Crippen LogP) is 5.96. The van der Waals surface area contributed by atoms with Crippen LogP contribution in [-0.4, -0.2) is 24.4 Å². The lowest BCUT2D eigenvalue weighted by Crippen LogP contribution is -2.26. The molecule has 1 aliphatic carbocycles. The molecule has 7 heteroatoms. The van der Waals surface area contributed by atoms with E-state index in [2.05, 4.69) is 5.32 Å². The highest BCUT2D eigenvalue weighted by Gasteiger charge is 2.33. The minimum atomic E-state index is -4.60. The maximum atomic E-state index is 13.1. The molecule has 0 saturated carbocycles. The second-order valence-corrected chi connectivity index (χ2v) is 7.38. The number of hydrogen-bond donors (Lipinski definition) is 2. The van der Waals surface area contributed by atoms with Crippen LogP contribution in [0.2, 0.25) is 0 Å². The van der Waals surface area contributed by atoms with Crippen molar-refractivity contribution in [2.45, 2.75) is 12.1 Å². The molecule has 0 radical (unpaired) electrons. The summed E-state index contributed by atoms with van der Waals surface area (Å²) in [5, 5.41) is 11.8. The maximum absolute atomic E-state index is 13.1. The molecule has 0 unspecified atom stereocenters. The number of benzene rings is 3. The summed E-state index contributed by atoms with van der Waals surface area (Å²) in [5.74, 6) is -0.540. The molecule has 0 aliphatic heterocycles. The number of alkyl carbamates (subject to hydrolysis) is 1. The van der Waals surface area contributed by atoms with Crippen molar-refractivity contribution >= 4 is 12.2 Å². The second-order valence-electron chi connectivity index (χ2n) is 7.38. The van der Waals surface area contributed by atoms with Crippen molar-refractivity contribution < 1.29 is 27.8 Å². The van der Waals surface area contributed by atoms with Crippen LogP contribution in [0.3, 0.4) is 0 Å². The standard InChI is InChI=1S/C25H20F3NO3/c26-25(27,28)23-14-17(30)12-11-16(23)6-5-13-29-24(31)32-15-22-20-9-3-1-7-18(20)19-8-2-4-10-21(19)22/h1-12,14,22,30H,13,15H2,(H,29,31). The van der Waals surface area contributed by atoms with Gasteiger partial charge in [-0.1, -0.05) is 66.7 Å². The number of phenols is 1. The number of halogens is 3. The highest BCUT2D eigenvalue weighted by Crippen LogP contribution is 2.44. The van der Waals surface area contributed by atoms with Crippen molar-refractivity contribution in [1.29, 1.82) is 0 Å². The highest BCUT2D eigenvalue weighted by molar-refractivity contribution is 5.79. The lowest BCUT2D eigenvalue weighted by atomic mass is 9.98. The van der Waals surface area contributed by atoms with Gasteiger partial charge < -0.3 is 15.2 Å². The summed E-state index contributed by atoms with van der Waals surface area (Å²) < 4.78 is 44.7. The first-order chi connectivity index (χ1) is 15.3. The van der Waals surface area contributed by atoms with Crippen LogP contribution < -0.4 is 5.32 Å². The average Bonchev–Trinajstić information content (AvgIpc) is 3.09. The predicted molar refractivity (Wildman–Crippen MR) is 115 cm³/mol. The number of nitrogens with one attached hydrogen (secondary N) is 1. The van der Waals surface area contributed by atoms with Crippen molar-refractivity contribution in [3.63, 3.8) is 0 Å². The summed E-state index contributed by atoms with van der Waals surface area (Å²) >= 11 is 0. The van der Waals surface area contributed by atoms with Crippen molar-refractivity contribution in [1.82, 2.24) is 5.32 Å². The third-order valence-electron chi connectivity index (χ3n) is 5.35. The minimum Gasteiger partial charge on any atom is -0.508 e. The zero-order valence-corrected chi connectivity index (χ0v) is 16.9. The zero-order valence-electron chi connectivity index (χ0n) is 16.9. The van der Waals surface area contributed by atoms with Gasteiger partial charge in [0.25, 0.3) is 0 Å². The minimum absolute atomic E-state index is 0.00511. The van der Waals surface area contributed by atoms with E-state index in [1.54, 1.807) is 0 Å². The van der Waals surface area contributed by atoms with Gasteiger partial charge in [-0.25, -0.2) is 4.79 Å². The topological polar surface area (TPSA) is 58.6 Å². The molecule has 3 aromatic rings. The SMILES string of the molecule is O=C(NCC=Cc1ccc(O)cc1C(F)(F)F)OCC1c2ccccc2-c2ccccc21. The number of rotatable bonds is 5. The molecule has 164 valence electrons. The van der Waals surface area contributed by atoms with Crippen molar-refractivity contribution in [2.24, 2.45) is 0 Å². The van der Waals surface area contributed by atoms with Crippen LogP contribution in [0.5, 0.6) is 5.75 Å². The Hall–Kier alpha value is -3.74. The molecule has 0 aromatic heterocycles. The van der Waals surface area contributed by atoms with E-state index in [1.807, 2.05) is 48.5 Å². The molecule has 4 nitrogen and oxygen atoms in total. The van der Waals surface area contributed by atoms with E-state index in [-0.39, 0.29) is 24.6 Å². The van der Waals surface area contributed by atoms with Crippen LogP contribution in [0.4, 0.5) is 18.0 Å². The fourth-order valence-corrected chi connectivity index (χ4v) is 3.91. The maximum Gasteiger partial charge on any atom is 0.417 e. The zero-order chi connectivity index (χ0) is 22.7. The molecule has 0 atom stereocenters. The largest absolute Gasteiger partial charge is 0.508 e. The molecule has 0 spiro atoms. The summed E-state index contributed by atoms with van der Waals surface area (Å²) in [5.41, 5.74) is 3.37. The van der Waals surface area contributed by atoms with E-state index >= 15 is 0 Å². The third kappa shape index (κ3) is 4.46. The van der Waals surface area contributed by atoms with E-state index in [1.165, 1.54) is 24.3 Å². The van der Waals surface area contributed by atoms with Crippen LogP contribution in [0.25, 0.3) is 17.2 Å². The number of amides is 1. The van der Waals surface area contributed by atoms with Gasteiger partial charge in [-0.2, -0.15) is 13.2 Å². The van der Waals surface area contributed by atoms with Gasteiger partial charge in [-0.3, -0.25) is 0 Å². The lowest BCUT2D eigenvalue weighted by molar-refractivity contribution is -0.137. The summed E-state index contributed by atoms with van der Waals surface area (Å²) in [7, 11) is 0. The fourth-order valence-electron chi connectivity index (χ4n) is 3.91. The van der Waals surface area contributed by atoms with Crippen LogP contribution in [0, 0.1) is 0 Å². The Morgan fingerprint density at radius 2 is 1.62 bits per heavy atom. The van der Waals surface area contributed by atoms with Gasteiger partial charge in [-0.15, -0.1) is 0 Å². The van der Waals surface area contributed by atoms with Gasteiger partial charge in [0.2, 0.25) is 0 Å². The van der Waals surface area contributed by atoms with Crippen LogP contribution in [-0.2, 0) is 10.9 Å². The first kappa shape index (κ1) is 21.5. The molecule has 0 bridgehead atoms. The third-order valence-corrected chi connectivity index (χ3v) is 5.35. The Morgan fingerprint density at radius 3 is 2.25 bits per heavy atom. The number of phenolic OH excluding ortho intramolecular Hbond substituents is 1. The Bertz CT molecular complexity index is 1130. The lowest BCUT2D eigenvalue weighted by Gasteiger charge is -2.14. The second kappa shape index (κ2) is 8.78. The highest BCUT2D eigenvalue weighted by atomic mass is 19.4. The molecular weight excluding hydrogens is 419 g/mol. The summed E-state index contributed by atoms with van der Waals surface area (Å²) in [6.45, 7) is 0.147. The summed E-state index contributed by atoms with van der Waals surface area (Å²) in [4.78, 5) is 12.1. The number of aromatic hydroxyl groups is 1. The molecular formula is C25H20F3NO3. The monoisotopic (exact) mass is 439 g/mol. The van der Waals surface area contributed by atoms with E-state index in [4.69, 9.17) is 4.74 Å². The average molecular weight is 439 g/mol. The van der Waals surface area contributed by atoms with E-state index in [9.17, 15) is 23.1 Å².